The Balaban J connectivity index is 0.000000231. The predicted molar refractivity (Wildman–Crippen MR) is 417 cm³/mol. The molecule has 0 unspecified atom stereocenters. The highest BCUT2D eigenvalue weighted by Crippen LogP contribution is 2.38. The first kappa shape index (κ1) is 86.4. The van der Waals surface area contributed by atoms with Crippen molar-refractivity contribution < 1.29 is 66.3 Å². The highest BCUT2D eigenvalue weighted by atomic mass is 16.6. The first-order chi connectivity index (χ1) is 51.2. The van der Waals surface area contributed by atoms with E-state index in [4.69, 9.17) is 71.8 Å². The van der Waals surface area contributed by atoms with E-state index in [9.17, 15) is 0 Å². The van der Waals surface area contributed by atoms with Crippen molar-refractivity contribution in [1.82, 2.24) is 15.0 Å². The summed E-state index contributed by atoms with van der Waals surface area (Å²) >= 11 is 0. The number of aryl methyl sites for hydroxylation is 2. The zero-order valence-corrected chi connectivity index (χ0v) is 65.7. The van der Waals surface area contributed by atoms with Gasteiger partial charge < -0.3 is 66.3 Å². The molecule has 6 aromatic carbocycles. The summed E-state index contributed by atoms with van der Waals surface area (Å²) in [6, 6.07) is 47.3. The summed E-state index contributed by atoms with van der Waals surface area (Å²) in [7, 11) is 0. The fraction of sp³-hybridized carbons (Fsp3) is 0.558. The molecule has 0 saturated heterocycles. The average molecular weight is 1460 g/mol. The van der Waals surface area contributed by atoms with Gasteiger partial charge in [0.2, 0.25) is 0 Å². The minimum Gasteiger partial charge on any atom is -0.379 e. The molecule has 4 aliphatic heterocycles. The lowest BCUT2D eigenvalue weighted by Gasteiger charge is -2.26. The van der Waals surface area contributed by atoms with Gasteiger partial charge >= 0.3 is 0 Å². The van der Waals surface area contributed by atoms with Gasteiger partial charge in [0.15, 0.2) is 0 Å². The zero-order valence-electron chi connectivity index (χ0n) is 65.7. The third-order valence-electron chi connectivity index (χ3n) is 17.6. The van der Waals surface area contributed by atoms with E-state index in [-0.39, 0.29) is 21.7 Å². The van der Waals surface area contributed by atoms with E-state index >= 15 is 0 Å². The van der Waals surface area contributed by atoms with Crippen molar-refractivity contribution in [3.63, 3.8) is 0 Å². The smallest absolute Gasteiger partial charge is 0.121 e. The summed E-state index contributed by atoms with van der Waals surface area (Å²) in [6.07, 6.45) is 1.99. The van der Waals surface area contributed by atoms with Crippen molar-refractivity contribution in [2.75, 3.05) is 152 Å². The van der Waals surface area contributed by atoms with Crippen molar-refractivity contribution >= 4 is 0 Å². The normalized spacial score (nSPS) is 14.5. The van der Waals surface area contributed by atoms with E-state index < -0.39 is 0 Å². The monoisotopic (exact) mass is 1460 g/mol. The average Bonchev–Trinajstić information content (AvgIpc) is 1.58. The van der Waals surface area contributed by atoms with Crippen molar-refractivity contribution in [3.05, 3.63) is 211 Å². The van der Waals surface area contributed by atoms with E-state index in [2.05, 4.69) is 237 Å². The molecule has 0 atom stereocenters. The lowest BCUT2D eigenvalue weighted by molar-refractivity contribution is -0.00496. The lowest BCUT2D eigenvalue weighted by atomic mass is 9.79. The van der Waals surface area contributed by atoms with Gasteiger partial charge in [0, 0.05) is 22.6 Å². The van der Waals surface area contributed by atoms with Crippen LogP contribution in [0.25, 0.3) is 33.0 Å². The minimum atomic E-state index is 0.0976. The van der Waals surface area contributed by atoms with Crippen molar-refractivity contribution in [3.8, 4) is 22.5 Å². The number of aromatic nitrogens is 3. The van der Waals surface area contributed by atoms with Crippen LogP contribution in [-0.4, -0.2) is 167 Å². The Labute approximate surface area is 632 Å². The maximum Gasteiger partial charge on any atom is 0.121 e. The summed E-state index contributed by atoms with van der Waals surface area (Å²) in [4.78, 5) is 2.66. The van der Waals surface area contributed by atoms with Crippen LogP contribution in [0.3, 0.4) is 0 Å². The number of ether oxygens (including phenoxy) is 14. The Bertz CT molecular complexity index is 3440. The van der Waals surface area contributed by atoms with Crippen LogP contribution in [0.2, 0.25) is 0 Å². The van der Waals surface area contributed by atoms with E-state index in [1.165, 1.54) is 55.6 Å². The van der Waals surface area contributed by atoms with Gasteiger partial charge in [-0.25, -0.2) is 4.68 Å². The Morgan fingerprint density at radius 3 is 1.05 bits per heavy atom. The molecule has 106 heavy (non-hydrogen) atoms. The van der Waals surface area contributed by atoms with Gasteiger partial charge in [-0.1, -0.05) is 227 Å². The van der Waals surface area contributed by atoms with Crippen molar-refractivity contribution in [1.29, 1.82) is 0 Å². The maximum absolute atomic E-state index is 8.14. The van der Waals surface area contributed by atoms with Crippen LogP contribution in [0.1, 0.15) is 150 Å². The standard InChI is InChI=1S/C39H51N3O4.C24H32O6.C23H39N3O4/c1-38(2,3)32-25-29(26-33(27-32)39(4,5)6)28-46-24-23-45-22-21-44-20-19-43-18-17-42-37-35-14-10-8-12-31(35)16-15-30-11-7-9-13-34(30)36(37)40-41-42;1-2-22-4-3-21(1)17-27-13-9-25-11-15-29-19-23-5-7-24(8-6-23)20-30-16-12-26-10-14-28-18-22;1-22(2,3)20-15-19(16-21(17-20)23(4,5)6)18-30-14-13-29-12-11-28-10-9-27-8-7-25-26-24/h7-14,25-27H,15-24,28H2,1-6H3;1-8H,9-20H2;15-17H,7-14,18H2,1-6H3. The second-order valence-electron chi connectivity index (χ2n) is 30.5. The van der Waals surface area contributed by atoms with Crippen LogP contribution in [0.4, 0.5) is 0 Å². The third kappa shape index (κ3) is 33.0. The van der Waals surface area contributed by atoms with Crippen LogP contribution in [0.15, 0.2) is 139 Å². The van der Waals surface area contributed by atoms with Gasteiger partial charge in [-0.05, 0) is 107 Å². The number of hydrogen-bond acceptors (Lipinski definition) is 17. The Kier molecular flexibility index (Phi) is 38.5. The molecular weight excluding hydrogens is 1340 g/mol. The van der Waals surface area contributed by atoms with E-state index in [0.717, 1.165) is 46.5 Å². The number of fused-ring (bicyclic) bond motifs is 5. The quantitative estimate of drug-likeness (QED) is 0.0193. The maximum atomic E-state index is 8.14. The molecule has 1 aromatic heterocycles. The molecule has 1 aliphatic carbocycles. The van der Waals surface area contributed by atoms with Gasteiger partial charge in [-0.2, -0.15) is 0 Å². The van der Waals surface area contributed by atoms with E-state index in [1.807, 2.05) is 4.68 Å². The molecule has 4 bridgehead atoms. The molecule has 5 aliphatic rings. The van der Waals surface area contributed by atoms with E-state index in [1.54, 1.807) is 0 Å². The second kappa shape index (κ2) is 47.2. The topological polar surface area (TPSA) is 209 Å². The molecule has 12 rings (SSSR count). The summed E-state index contributed by atoms with van der Waals surface area (Å²) in [5, 5.41) is 12.6. The van der Waals surface area contributed by atoms with Crippen LogP contribution in [0.5, 0.6) is 0 Å². The Morgan fingerprint density at radius 1 is 0.377 bits per heavy atom. The highest BCUT2D eigenvalue weighted by Gasteiger charge is 2.25. The molecule has 0 radical (unpaired) electrons. The minimum absolute atomic E-state index is 0.0976. The third-order valence-corrected chi connectivity index (χ3v) is 17.6. The van der Waals surface area contributed by atoms with E-state index in [0.29, 0.717) is 198 Å². The highest BCUT2D eigenvalue weighted by molar-refractivity contribution is 5.82. The fourth-order valence-corrected chi connectivity index (χ4v) is 11.3. The molecule has 0 spiro atoms. The summed E-state index contributed by atoms with van der Waals surface area (Å²) < 4.78 is 81.1. The molecule has 0 saturated carbocycles. The number of rotatable bonds is 28. The van der Waals surface area contributed by atoms with Gasteiger partial charge in [0.25, 0.3) is 0 Å². The molecule has 5 heterocycles. The SMILES string of the molecule is CC(C)(C)c1cc(COCCOCCOCCOCCN=[N+]=[N-])cc(C(C)(C)C)c1.CC(C)(C)c1cc(COCCOCCOCCOCCn2nnc3c2-c2ccccc2CCc2ccccc2-3)cc(C(C)(C)C)c1.c1cc2ccc1COCCOCCOCc1ccc(cc1)COCCOCCOC2. The first-order valence-electron chi connectivity index (χ1n) is 37.8. The largest absolute Gasteiger partial charge is 0.379 e. The van der Waals surface area contributed by atoms with Gasteiger partial charge in [-0.3, -0.25) is 0 Å². The number of nitrogens with zero attached hydrogens (tertiary/aromatic N) is 6. The molecule has 20 heteroatoms. The molecular formula is C86H122N6O14. The fourth-order valence-electron chi connectivity index (χ4n) is 11.3. The summed E-state index contributed by atoms with van der Waals surface area (Å²) in [6.45, 7) is 43.2. The molecule has 0 amide bonds. The van der Waals surface area contributed by atoms with Gasteiger partial charge in [0.1, 0.15) is 5.69 Å². The van der Waals surface area contributed by atoms with Crippen molar-refractivity contribution in [2.24, 2.45) is 5.11 Å². The Hall–Kier alpha value is -6.79. The van der Waals surface area contributed by atoms with Crippen LogP contribution < -0.4 is 0 Å². The van der Waals surface area contributed by atoms with Crippen LogP contribution in [0, 0.1) is 0 Å². The number of benzene rings is 6. The van der Waals surface area contributed by atoms with Gasteiger partial charge in [0.05, 0.1) is 197 Å². The second-order valence-corrected chi connectivity index (χ2v) is 30.5. The molecule has 0 fully saturated rings. The summed E-state index contributed by atoms with van der Waals surface area (Å²) in [5.41, 5.74) is 27.9. The predicted octanol–water partition coefficient (Wildman–Crippen LogP) is 16.2. The number of hydrogen-bond donors (Lipinski definition) is 0. The number of azide groups is 1. The van der Waals surface area contributed by atoms with Gasteiger partial charge in [-0.15, -0.1) is 5.10 Å². The van der Waals surface area contributed by atoms with Crippen LogP contribution in [-0.2, 0) is 147 Å². The Morgan fingerprint density at radius 2 is 0.689 bits per heavy atom. The molecule has 0 N–H and O–H groups in total. The molecule has 7 aromatic rings. The zero-order chi connectivity index (χ0) is 75.7. The lowest BCUT2D eigenvalue weighted by Crippen LogP contribution is -2.17. The molecule has 580 valence electrons. The molecule has 20 nitrogen and oxygen atoms in total. The van der Waals surface area contributed by atoms with Crippen molar-refractivity contribution in [2.45, 2.75) is 164 Å². The van der Waals surface area contributed by atoms with Crippen LogP contribution >= 0.6 is 0 Å². The first-order valence-corrected chi connectivity index (χ1v) is 37.8. The summed E-state index contributed by atoms with van der Waals surface area (Å²) in [5.74, 6) is 0.